The summed E-state index contributed by atoms with van der Waals surface area (Å²) in [4.78, 5) is 8.62. The van der Waals surface area contributed by atoms with E-state index in [1.807, 2.05) is 44.4 Å². The molecule has 0 amide bonds. The van der Waals surface area contributed by atoms with Crippen LogP contribution in [0.5, 0.6) is 0 Å². The van der Waals surface area contributed by atoms with E-state index in [0.717, 1.165) is 48.1 Å². The second-order valence-electron chi connectivity index (χ2n) is 6.05. The molecule has 1 fully saturated rings. The first-order valence-electron chi connectivity index (χ1n) is 8.02. The van der Waals surface area contributed by atoms with Crippen LogP contribution in [0.2, 0.25) is 5.02 Å². The zero-order valence-electron chi connectivity index (χ0n) is 13.9. The number of thiocarbonyl (C=S) groups is 1. The summed E-state index contributed by atoms with van der Waals surface area (Å²) in [6.45, 7) is 7.73. The van der Waals surface area contributed by atoms with E-state index in [0.29, 0.717) is 5.02 Å². The minimum absolute atomic E-state index is 0.713. The van der Waals surface area contributed by atoms with Crippen molar-refractivity contribution >= 4 is 40.3 Å². The zero-order valence-corrected chi connectivity index (χ0v) is 15.5. The van der Waals surface area contributed by atoms with E-state index in [2.05, 4.69) is 26.2 Å². The van der Waals surface area contributed by atoms with Crippen LogP contribution in [0.1, 0.15) is 11.1 Å². The monoisotopic (exact) mass is 360 g/mol. The van der Waals surface area contributed by atoms with E-state index in [9.17, 15) is 0 Å². The van der Waals surface area contributed by atoms with Gasteiger partial charge < -0.3 is 15.1 Å². The molecular weight excluding hydrogens is 340 g/mol. The number of nitrogens with zero attached hydrogens (tertiary/aromatic N) is 3. The summed E-state index contributed by atoms with van der Waals surface area (Å²) in [6.07, 6.45) is 3.66. The molecule has 1 N–H and O–H groups in total. The number of benzene rings is 1. The first kappa shape index (κ1) is 17.0. The predicted molar refractivity (Wildman–Crippen MR) is 105 cm³/mol. The Hall–Kier alpha value is -1.85. The van der Waals surface area contributed by atoms with Crippen LogP contribution in [0.3, 0.4) is 0 Å². The van der Waals surface area contributed by atoms with Crippen LogP contribution in [0.4, 0.5) is 11.4 Å². The van der Waals surface area contributed by atoms with Crippen LogP contribution in [0, 0.1) is 13.8 Å². The van der Waals surface area contributed by atoms with Crippen LogP contribution in [0.15, 0.2) is 36.7 Å². The minimum Gasteiger partial charge on any atom is -0.368 e. The number of pyridine rings is 1. The quantitative estimate of drug-likeness (QED) is 0.822. The number of aromatic nitrogens is 1. The number of aryl methyl sites for hydroxylation is 2. The molecule has 3 rings (SSSR count). The Kier molecular flexibility index (Phi) is 5.21. The Bertz CT molecular complexity index is 704. The highest BCUT2D eigenvalue weighted by molar-refractivity contribution is 7.80. The third-order valence-corrected chi connectivity index (χ3v) is 4.92. The average molecular weight is 361 g/mol. The second-order valence-corrected chi connectivity index (χ2v) is 6.84. The van der Waals surface area contributed by atoms with E-state index >= 15 is 0 Å². The Labute approximate surface area is 153 Å². The summed E-state index contributed by atoms with van der Waals surface area (Å²) in [5.74, 6) is 0. The van der Waals surface area contributed by atoms with Gasteiger partial charge in [-0.1, -0.05) is 17.7 Å². The van der Waals surface area contributed by atoms with Gasteiger partial charge in [0.05, 0.1) is 10.7 Å². The van der Waals surface area contributed by atoms with Gasteiger partial charge in [-0.05, 0) is 55.4 Å². The molecule has 1 aliphatic heterocycles. The Balaban J connectivity index is 1.62. The summed E-state index contributed by atoms with van der Waals surface area (Å²) in [5, 5.41) is 4.77. The lowest BCUT2D eigenvalue weighted by atomic mass is 10.1. The molecule has 2 heterocycles. The molecule has 2 aromatic rings. The van der Waals surface area contributed by atoms with Crippen LogP contribution < -0.4 is 10.2 Å². The van der Waals surface area contributed by atoms with Crippen LogP contribution in [-0.4, -0.2) is 41.2 Å². The third kappa shape index (κ3) is 3.79. The summed E-state index contributed by atoms with van der Waals surface area (Å²) in [6, 6.07) is 8.16. The van der Waals surface area contributed by atoms with Crippen molar-refractivity contribution in [3.63, 3.8) is 0 Å². The predicted octanol–water partition coefficient (Wildman–Crippen LogP) is 3.87. The molecule has 0 radical (unpaired) electrons. The maximum Gasteiger partial charge on any atom is 0.173 e. The van der Waals surface area contributed by atoms with Crippen molar-refractivity contribution < 1.29 is 0 Å². The van der Waals surface area contributed by atoms with E-state index in [4.69, 9.17) is 23.8 Å². The van der Waals surface area contributed by atoms with Crippen molar-refractivity contribution in [2.24, 2.45) is 0 Å². The summed E-state index contributed by atoms with van der Waals surface area (Å²) >= 11 is 12.0. The van der Waals surface area contributed by atoms with Gasteiger partial charge >= 0.3 is 0 Å². The Morgan fingerprint density at radius 3 is 2.42 bits per heavy atom. The Morgan fingerprint density at radius 1 is 1.12 bits per heavy atom. The number of nitrogens with one attached hydrogen (secondary N) is 1. The molecule has 24 heavy (non-hydrogen) atoms. The number of hydrogen-bond donors (Lipinski definition) is 1. The number of anilines is 2. The molecule has 0 bridgehead atoms. The first-order valence-corrected chi connectivity index (χ1v) is 8.81. The number of piperazine rings is 1. The largest absolute Gasteiger partial charge is 0.368 e. The van der Waals surface area contributed by atoms with Crippen molar-refractivity contribution in [2.75, 3.05) is 36.4 Å². The van der Waals surface area contributed by atoms with E-state index in [1.54, 1.807) is 0 Å². The molecule has 0 aliphatic carbocycles. The van der Waals surface area contributed by atoms with Crippen molar-refractivity contribution in [1.82, 2.24) is 9.88 Å². The van der Waals surface area contributed by atoms with Gasteiger partial charge in [0.1, 0.15) is 0 Å². The van der Waals surface area contributed by atoms with Gasteiger partial charge in [0.15, 0.2) is 5.11 Å². The van der Waals surface area contributed by atoms with E-state index < -0.39 is 0 Å². The van der Waals surface area contributed by atoms with Crippen molar-refractivity contribution in [2.45, 2.75) is 13.8 Å². The normalized spacial score (nSPS) is 14.6. The maximum absolute atomic E-state index is 6.37. The molecule has 126 valence electrons. The topological polar surface area (TPSA) is 31.4 Å². The van der Waals surface area contributed by atoms with E-state index in [-0.39, 0.29) is 0 Å². The van der Waals surface area contributed by atoms with Crippen LogP contribution in [0.25, 0.3) is 0 Å². The third-order valence-electron chi connectivity index (χ3n) is 4.26. The summed E-state index contributed by atoms with van der Waals surface area (Å²) in [7, 11) is 0. The number of hydrogen-bond acceptors (Lipinski definition) is 3. The fourth-order valence-corrected chi connectivity index (χ4v) is 3.64. The van der Waals surface area contributed by atoms with Crippen molar-refractivity contribution in [3.8, 4) is 0 Å². The maximum atomic E-state index is 6.37. The molecular formula is C18H21ClN4S. The van der Waals surface area contributed by atoms with Gasteiger partial charge in [-0.3, -0.25) is 4.98 Å². The lowest BCUT2D eigenvalue weighted by Gasteiger charge is -2.37. The second kappa shape index (κ2) is 7.36. The molecule has 4 nitrogen and oxygen atoms in total. The highest BCUT2D eigenvalue weighted by Gasteiger charge is 2.20. The fourth-order valence-electron chi connectivity index (χ4n) is 2.98. The molecule has 0 saturated carbocycles. The van der Waals surface area contributed by atoms with Gasteiger partial charge in [0.2, 0.25) is 0 Å². The number of rotatable bonds is 2. The van der Waals surface area contributed by atoms with Gasteiger partial charge in [0, 0.05) is 44.3 Å². The molecule has 0 unspecified atom stereocenters. The smallest absolute Gasteiger partial charge is 0.173 e. The summed E-state index contributed by atoms with van der Waals surface area (Å²) < 4.78 is 0. The van der Waals surface area contributed by atoms with Crippen LogP contribution in [-0.2, 0) is 0 Å². The molecule has 1 aliphatic rings. The van der Waals surface area contributed by atoms with Crippen molar-refractivity contribution in [3.05, 3.63) is 52.8 Å². The Morgan fingerprint density at radius 2 is 1.79 bits per heavy atom. The summed E-state index contributed by atoms with van der Waals surface area (Å²) in [5.41, 5.74) is 4.38. The SMILES string of the molecule is Cc1cc(C)c(NC(=S)N2CCN(c3ccncc3)CC2)c(Cl)c1. The lowest BCUT2D eigenvalue weighted by molar-refractivity contribution is 0.391. The fraction of sp³-hybridized carbons (Fsp3) is 0.333. The minimum atomic E-state index is 0.713. The van der Waals surface area contributed by atoms with Crippen molar-refractivity contribution in [1.29, 1.82) is 0 Å². The standard InChI is InChI=1S/C18H21ClN4S/c1-13-11-14(2)17(16(19)12-13)21-18(24)23-9-7-22(8-10-23)15-3-5-20-6-4-15/h3-6,11-12H,7-10H2,1-2H3,(H,21,24). The number of halogens is 1. The molecule has 0 spiro atoms. The first-order chi connectivity index (χ1) is 11.5. The molecule has 1 saturated heterocycles. The molecule has 6 heteroatoms. The highest BCUT2D eigenvalue weighted by atomic mass is 35.5. The highest BCUT2D eigenvalue weighted by Crippen LogP contribution is 2.27. The molecule has 1 aromatic heterocycles. The lowest BCUT2D eigenvalue weighted by Crippen LogP contribution is -2.50. The average Bonchev–Trinajstić information content (AvgIpc) is 2.59. The van der Waals surface area contributed by atoms with Crippen LogP contribution >= 0.6 is 23.8 Å². The van der Waals surface area contributed by atoms with Gasteiger partial charge in [-0.25, -0.2) is 0 Å². The molecule has 0 atom stereocenters. The van der Waals surface area contributed by atoms with Gasteiger partial charge in [0.25, 0.3) is 0 Å². The van der Waals surface area contributed by atoms with E-state index in [1.165, 1.54) is 5.69 Å². The molecule has 1 aromatic carbocycles. The zero-order chi connectivity index (χ0) is 17.1. The van der Waals surface area contributed by atoms with Gasteiger partial charge in [-0.15, -0.1) is 0 Å². The van der Waals surface area contributed by atoms with Gasteiger partial charge in [-0.2, -0.15) is 0 Å².